The van der Waals surface area contributed by atoms with Gasteiger partial charge in [0, 0.05) is 0 Å². The average Bonchev–Trinajstić information content (AvgIpc) is 2.34. The van der Waals surface area contributed by atoms with Crippen LogP contribution in [0.3, 0.4) is 0 Å². The zero-order valence-corrected chi connectivity index (χ0v) is 8.13. The molecule has 3 heteroatoms. The molecule has 1 aromatic rings. The van der Waals surface area contributed by atoms with E-state index in [-0.39, 0.29) is 15.0 Å². The molecule has 0 fully saturated rings. The fourth-order valence-electron chi connectivity index (χ4n) is 0.498. The van der Waals surface area contributed by atoms with Crippen molar-refractivity contribution < 1.29 is 0 Å². The SMILES string of the molecule is N#C[Se]Cc1ccc[se]1. The molecule has 0 unspecified atom stereocenters. The number of hydrogen-bond acceptors (Lipinski definition) is 1. The van der Waals surface area contributed by atoms with E-state index in [1.807, 2.05) is 0 Å². The van der Waals surface area contributed by atoms with Crippen molar-refractivity contribution in [3.8, 4) is 4.97 Å². The Morgan fingerprint density at radius 2 is 2.67 bits per heavy atom. The Kier molecular flexibility index (Phi) is 3.11. The van der Waals surface area contributed by atoms with Gasteiger partial charge in [-0.05, 0) is 0 Å². The van der Waals surface area contributed by atoms with Crippen molar-refractivity contribution in [2.45, 2.75) is 5.32 Å². The van der Waals surface area contributed by atoms with Crippen molar-refractivity contribution in [2.24, 2.45) is 0 Å². The number of hydrogen-bond donors (Lipinski definition) is 0. The van der Waals surface area contributed by atoms with E-state index in [1.54, 1.807) is 0 Å². The third kappa shape index (κ3) is 2.39. The van der Waals surface area contributed by atoms with E-state index in [1.165, 1.54) is 4.44 Å². The van der Waals surface area contributed by atoms with Gasteiger partial charge in [0.1, 0.15) is 0 Å². The summed E-state index contributed by atoms with van der Waals surface area (Å²) in [5.74, 6) is 0. The fourth-order valence-corrected chi connectivity index (χ4v) is 3.69. The second-order valence-electron chi connectivity index (χ2n) is 1.46. The van der Waals surface area contributed by atoms with Crippen LogP contribution < -0.4 is 0 Å². The van der Waals surface area contributed by atoms with Gasteiger partial charge in [0.15, 0.2) is 0 Å². The van der Waals surface area contributed by atoms with Crippen LogP contribution in [0.4, 0.5) is 0 Å². The summed E-state index contributed by atoms with van der Waals surface area (Å²) < 4.78 is 1.48. The zero-order valence-electron chi connectivity index (χ0n) is 4.70. The van der Waals surface area contributed by atoms with E-state index in [0.717, 1.165) is 5.32 Å². The quantitative estimate of drug-likeness (QED) is 0.697. The third-order valence-corrected chi connectivity index (χ3v) is 4.85. The molecule has 0 radical (unpaired) electrons. The molecule has 0 spiro atoms. The van der Waals surface area contributed by atoms with Gasteiger partial charge in [-0.25, -0.2) is 0 Å². The van der Waals surface area contributed by atoms with Crippen molar-refractivity contribution in [3.63, 3.8) is 0 Å². The van der Waals surface area contributed by atoms with Gasteiger partial charge in [-0.1, -0.05) is 0 Å². The van der Waals surface area contributed by atoms with Gasteiger partial charge >= 0.3 is 66.5 Å². The van der Waals surface area contributed by atoms with Gasteiger partial charge in [-0.15, -0.1) is 0 Å². The molecule has 9 heavy (non-hydrogen) atoms. The van der Waals surface area contributed by atoms with Crippen molar-refractivity contribution in [3.05, 3.63) is 21.5 Å². The van der Waals surface area contributed by atoms with Gasteiger partial charge in [0.05, 0.1) is 0 Å². The first kappa shape index (κ1) is 7.12. The van der Waals surface area contributed by atoms with Crippen LogP contribution in [0.2, 0.25) is 0 Å². The summed E-state index contributed by atoms with van der Waals surface area (Å²) in [5, 5.41) is 9.30. The summed E-state index contributed by atoms with van der Waals surface area (Å²) in [6.07, 6.45) is 0. The summed E-state index contributed by atoms with van der Waals surface area (Å²) in [5.41, 5.74) is 0. The van der Waals surface area contributed by atoms with E-state index in [9.17, 15) is 0 Å². The van der Waals surface area contributed by atoms with Crippen molar-refractivity contribution in [2.75, 3.05) is 0 Å². The standard InChI is InChI=1S/C6H5NSe2/c7-5-8-4-6-2-1-3-9-6/h1-3H,4H2. The van der Waals surface area contributed by atoms with Crippen molar-refractivity contribution >= 4 is 29.5 Å². The van der Waals surface area contributed by atoms with Gasteiger partial charge < -0.3 is 0 Å². The van der Waals surface area contributed by atoms with Crippen LogP contribution in [-0.2, 0) is 5.32 Å². The van der Waals surface area contributed by atoms with Crippen LogP contribution in [-0.4, -0.2) is 29.5 Å². The summed E-state index contributed by atoms with van der Waals surface area (Å²) in [6, 6.07) is 4.22. The predicted octanol–water partition coefficient (Wildman–Crippen LogP) is 0.429. The molecule has 1 heterocycles. The molecule has 0 saturated carbocycles. The molecular weight excluding hydrogens is 244 g/mol. The summed E-state index contributed by atoms with van der Waals surface area (Å²) in [6.45, 7) is 0. The second kappa shape index (κ2) is 3.93. The van der Waals surface area contributed by atoms with E-state index < -0.39 is 0 Å². The third-order valence-electron chi connectivity index (χ3n) is 0.859. The second-order valence-corrected chi connectivity index (χ2v) is 5.22. The van der Waals surface area contributed by atoms with E-state index in [2.05, 4.69) is 22.0 Å². The maximum absolute atomic E-state index is 8.26. The van der Waals surface area contributed by atoms with Gasteiger partial charge in [-0.3, -0.25) is 0 Å². The Balaban J connectivity index is 2.41. The number of nitrogens with zero attached hydrogens (tertiary/aromatic N) is 1. The predicted molar refractivity (Wildman–Crippen MR) is 38.5 cm³/mol. The maximum atomic E-state index is 8.26. The van der Waals surface area contributed by atoms with Crippen LogP contribution in [0.1, 0.15) is 4.44 Å². The Hall–Kier alpha value is 0.00896. The first-order valence-electron chi connectivity index (χ1n) is 2.47. The van der Waals surface area contributed by atoms with Crippen LogP contribution in [0.25, 0.3) is 0 Å². The van der Waals surface area contributed by atoms with Gasteiger partial charge in [-0.2, -0.15) is 0 Å². The van der Waals surface area contributed by atoms with E-state index in [0.29, 0.717) is 14.5 Å². The first-order valence-corrected chi connectivity index (χ1v) is 6.38. The minimum atomic E-state index is 0.194. The van der Waals surface area contributed by atoms with Gasteiger partial charge in [0.2, 0.25) is 0 Å². The molecule has 0 aromatic carbocycles. The van der Waals surface area contributed by atoms with Crippen LogP contribution in [0.5, 0.6) is 0 Å². The Labute approximate surface area is 66.6 Å². The van der Waals surface area contributed by atoms with Crippen LogP contribution in [0.15, 0.2) is 17.1 Å². The first-order chi connectivity index (χ1) is 4.43. The normalized spacial score (nSPS) is 8.78. The molecule has 46 valence electrons. The minimum absolute atomic E-state index is 0.194. The fraction of sp³-hybridized carbons (Fsp3) is 0.167. The molecule has 0 bridgehead atoms. The molecular formula is C6H5NSe2. The molecule has 0 N–H and O–H groups in total. The topological polar surface area (TPSA) is 23.8 Å². The van der Waals surface area contributed by atoms with E-state index >= 15 is 0 Å². The van der Waals surface area contributed by atoms with E-state index in [4.69, 9.17) is 5.26 Å². The Bertz CT molecular complexity index is 197. The van der Waals surface area contributed by atoms with Crippen LogP contribution in [0, 0.1) is 10.2 Å². The molecule has 0 amide bonds. The van der Waals surface area contributed by atoms with Crippen molar-refractivity contribution in [1.82, 2.24) is 0 Å². The Morgan fingerprint density at radius 1 is 1.78 bits per heavy atom. The zero-order chi connectivity index (χ0) is 6.53. The molecule has 1 aromatic heterocycles. The number of nitriles is 1. The molecule has 0 saturated heterocycles. The average molecular weight is 249 g/mol. The molecule has 1 rings (SSSR count). The Morgan fingerprint density at radius 3 is 3.22 bits per heavy atom. The number of rotatable bonds is 2. The summed E-state index contributed by atoms with van der Waals surface area (Å²) >= 11 is 0.776. The van der Waals surface area contributed by atoms with Crippen molar-refractivity contribution in [1.29, 1.82) is 5.26 Å². The molecule has 0 atom stereocenters. The summed E-state index contributed by atoms with van der Waals surface area (Å²) in [4.78, 5) is 4.39. The molecule has 0 aliphatic carbocycles. The summed E-state index contributed by atoms with van der Waals surface area (Å²) in [7, 11) is 0. The molecule has 0 aliphatic rings. The monoisotopic (exact) mass is 251 g/mol. The molecule has 0 aliphatic heterocycles. The van der Waals surface area contributed by atoms with Gasteiger partial charge in [0.25, 0.3) is 0 Å². The molecule has 1 nitrogen and oxygen atoms in total. The van der Waals surface area contributed by atoms with Crippen LogP contribution >= 0.6 is 0 Å².